The molecule has 2 aromatic carbocycles. The molecule has 1 N–H and O–H groups in total. The number of ether oxygens (including phenoxy) is 1. The van der Waals surface area contributed by atoms with Crippen LogP contribution in [0.25, 0.3) is 0 Å². The summed E-state index contributed by atoms with van der Waals surface area (Å²) in [5, 5.41) is 2.75. The highest BCUT2D eigenvalue weighted by Gasteiger charge is 2.24. The Morgan fingerprint density at radius 2 is 2.00 bits per heavy atom. The molecule has 4 rings (SSSR count). The summed E-state index contributed by atoms with van der Waals surface area (Å²) in [5.74, 6) is -1.28. The number of pyridine rings is 1. The molecule has 1 aromatic heterocycles. The number of nitrogens with zero attached hydrogens (tertiary/aromatic N) is 2. The van der Waals surface area contributed by atoms with E-state index in [-0.39, 0.29) is 35.4 Å². The molecule has 0 atom stereocenters. The Balaban J connectivity index is 1.48. The van der Waals surface area contributed by atoms with Gasteiger partial charge in [0, 0.05) is 30.1 Å². The molecule has 0 radical (unpaired) electrons. The minimum Gasteiger partial charge on any atom is -0.487 e. The first-order valence-corrected chi connectivity index (χ1v) is 10.8. The second-order valence-corrected chi connectivity index (χ2v) is 8.12. The van der Waals surface area contributed by atoms with Gasteiger partial charge in [0.15, 0.2) is 0 Å². The number of carbonyl (C=O) groups is 1. The van der Waals surface area contributed by atoms with Crippen LogP contribution in [0.5, 0.6) is 5.75 Å². The van der Waals surface area contributed by atoms with Crippen LogP contribution in [-0.4, -0.2) is 30.6 Å². The summed E-state index contributed by atoms with van der Waals surface area (Å²) < 4.78 is 33.8. The van der Waals surface area contributed by atoms with Gasteiger partial charge >= 0.3 is 0 Å². The van der Waals surface area contributed by atoms with E-state index in [4.69, 9.17) is 16.3 Å². The van der Waals surface area contributed by atoms with Gasteiger partial charge < -0.3 is 19.5 Å². The normalized spacial score (nSPS) is 12.7. The van der Waals surface area contributed by atoms with E-state index >= 15 is 0 Å². The van der Waals surface area contributed by atoms with E-state index in [1.54, 1.807) is 18.1 Å². The van der Waals surface area contributed by atoms with Gasteiger partial charge in [0.2, 0.25) is 5.91 Å². The standard InChI is InChI=1S/C24H22ClF2N3O3/c1-28-12-22(31)30-9-6-16-10-15(2-5-20(16)30)13-29-8-7-21(23(25)24(29)32)33-14-17-3-4-18(26)11-19(17)27/h2-5,7-8,10-11,28H,6,9,12-14H2,1H3. The topological polar surface area (TPSA) is 63.6 Å². The summed E-state index contributed by atoms with van der Waals surface area (Å²) in [5.41, 5.74) is 2.55. The van der Waals surface area contributed by atoms with Gasteiger partial charge in [-0.15, -0.1) is 0 Å². The fourth-order valence-corrected chi connectivity index (χ4v) is 4.04. The van der Waals surface area contributed by atoms with Crippen LogP contribution >= 0.6 is 11.6 Å². The number of carbonyl (C=O) groups excluding carboxylic acids is 1. The maximum atomic E-state index is 13.8. The van der Waals surface area contributed by atoms with Gasteiger partial charge in [-0.1, -0.05) is 23.7 Å². The van der Waals surface area contributed by atoms with E-state index in [2.05, 4.69) is 5.32 Å². The number of amides is 1. The first kappa shape index (κ1) is 22.9. The van der Waals surface area contributed by atoms with Crippen molar-refractivity contribution in [3.05, 3.63) is 92.4 Å². The van der Waals surface area contributed by atoms with E-state index in [0.717, 1.165) is 35.4 Å². The maximum Gasteiger partial charge on any atom is 0.273 e. The predicted molar refractivity (Wildman–Crippen MR) is 122 cm³/mol. The van der Waals surface area contributed by atoms with Crippen LogP contribution in [-0.2, 0) is 24.4 Å². The highest BCUT2D eigenvalue weighted by atomic mass is 35.5. The molecule has 1 aliphatic heterocycles. The first-order valence-electron chi connectivity index (χ1n) is 10.4. The van der Waals surface area contributed by atoms with Crippen LogP contribution in [0.2, 0.25) is 5.02 Å². The predicted octanol–water partition coefficient (Wildman–Crippen LogP) is 3.52. The number of likely N-dealkylation sites (N-methyl/N-ethyl adjacent to an activating group) is 1. The third-order valence-electron chi connectivity index (χ3n) is 5.49. The fraction of sp³-hybridized carbons (Fsp3) is 0.250. The number of halogens is 3. The second-order valence-electron chi connectivity index (χ2n) is 7.74. The van der Waals surface area contributed by atoms with Gasteiger partial charge in [0.1, 0.15) is 29.0 Å². The Kier molecular flexibility index (Phi) is 6.76. The van der Waals surface area contributed by atoms with Crippen LogP contribution < -0.4 is 20.5 Å². The molecule has 9 heteroatoms. The summed E-state index contributed by atoms with van der Waals surface area (Å²) in [7, 11) is 1.73. The molecule has 3 aromatic rings. The van der Waals surface area contributed by atoms with Crippen LogP contribution in [0.1, 0.15) is 16.7 Å². The Morgan fingerprint density at radius 1 is 1.18 bits per heavy atom. The molecule has 0 spiro atoms. The molecule has 0 saturated heterocycles. The van der Waals surface area contributed by atoms with Crippen molar-refractivity contribution in [3.63, 3.8) is 0 Å². The SMILES string of the molecule is CNCC(=O)N1CCc2cc(Cn3ccc(OCc4ccc(F)cc4F)c(Cl)c3=O)ccc21. The number of hydrogen-bond donors (Lipinski definition) is 1. The van der Waals surface area contributed by atoms with E-state index in [1.165, 1.54) is 16.7 Å². The lowest BCUT2D eigenvalue weighted by Gasteiger charge is -2.17. The van der Waals surface area contributed by atoms with Crippen molar-refractivity contribution in [1.82, 2.24) is 9.88 Å². The minimum absolute atomic E-state index is 0.0168. The van der Waals surface area contributed by atoms with E-state index in [0.29, 0.717) is 13.1 Å². The van der Waals surface area contributed by atoms with Gasteiger partial charge in [-0.2, -0.15) is 0 Å². The number of rotatable bonds is 7. The van der Waals surface area contributed by atoms with Gasteiger partial charge in [0.05, 0.1) is 13.1 Å². The van der Waals surface area contributed by atoms with Crippen molar-refractivity contribution in [1.29, 1.82) is 0 Å². The van der Waals surface area contributed by atoms with Crippen LogP contribution in [0.15, 0.2) is 53.5 Å². The molecule has 0 fully saturated rings. The Morgan fingerprint density at radius 3 is 2.76 bits per heavy atom. The van der Waals surface area contributed by atoms with Crippen molar-refractivity contribution in [2.24, 2.45) is 0 Å². The average molecular weight is 474 g/mol. The largest absolute Gasteiger partial charge is 0.487 e. The first-order chi connectivity index (χ1) is 15.9. The molecule has 33 heavy (non-hydrogen) atoms. The number of benzene rings is 2. The lowest BCUT2D eigenvalue weighted by molar-refractivity contribution is -0.117. The van der Waals surface area contributed by atoms with Crippen LogP contribution in [0.4, 0.5) is 14.5 Å². The molecular formula is C24H22ClF2N3O3. The Labute approximate surface area is 194 Å². The minimum atomic E-state index is -0.734. The third-order valence-corrected chi connectivity index (χ3v) is 5.84. The number of anilines is 1. The zero-order valence-corrected chi connectivity index (χ0v) is 18.7. The monoisotopic (exact) mass is 473 g/mol. The van der Waals surface area contributed by atoms with Crippen molar-refractivity contribution < 1.29 is 18.3 Å². The van der Waals surface area contributed by atoms with E-state index in [1.807, 2.05) is 18.2 Å². The average Bonchev–Trinajstić information content (AvgIpc) is 3.21. The Bertz CT molecular complexity index is 1260. The van der Waals surface area contributed by atoms with Crippen molar-refractivity contribution in [3.8, 4) is 5.75 Å². The van der Waals surface area contributed by atoms with Crippen molar-refractivity contribution in [2.75, 3.05) is 25.0 Å². The lowest BCUT2D eigenvalue weighted by Crippen LogP contribution is -2.35. The molecule has 0 bridgehead atoms. The van der Waals surface area contributed by atoms with Gasteiger partial charge in [-0.25, -0.2) is 8.78 Å². The summed E-state index contributed by atoms with van der Waals surface area (Å²) >= 11 is 6.21. The van der Waals surface area contributed by atoms with Gasteiger partial charge in [-0.3, -0.25) is 9.59 Å². The van der Waals surface area contributed by atoms with Crippen LogP contribution in [0.3, 0.4) is 0 Å². The molecule has 172 valence electrons. The molecule has 6 nitrogen and oxygen atoms in total. The number of fused-ring (bicyclic) bond motifs is 1. The molecule has 0 unspecified atom stereocenters. The summed E-state index contributed by atoms with van der Waals surface area (Å²) in [6.07, 6.45) is 2.31. The molecule has 1 amide bonds. The second kappa shape index (κ2) is 9.72. The Hall–Kier alpha value is -3.23. The smallest absolute Gasteiger partial charge is 0.273 e. The fourth-order valence-electron chi connectivity index (χ4n) is 3.82. The summed E-state index contributed by atoms with van der Waals surface area (Å²) in [6, 6.07) is 10.5. The van der Waals surface area contributed by atoms with Gasteiger partial charge in [0.25, 0.3) is 5.56 Å². The molecular weight excluding hydrogens is 452 g/mol. The molecule has 2 heterocycles. The van der Waals surface area contributed by atoms with Gasteiger partial charge in [-0.05, 0) is 48.9 Å². The van der Waals surface area contributed by atoms with Crippen molar-refractivity contribution in [2.45, 2.75) is 19.6 Å². The maximum absolute atomic E-state index is 13.8. The quantitative estimate of drug-likeness (QED) is 0.570. The highest BCUT2D eigenvalue weighted by Crippen LogP contribution is 2.29. The molecule has 0 saturated carbocycles. The highest BCUT2D eigenvalue weighted by molar-refractivity contribution is 6.31. The third kappa shape index (κ3) is 4.91. The van der Waals surface area contributed by atoms with Crippen LogP contribution in [0, 0.1) is 11.6 Å². The molecule has 0 aliphatic carbocycles. The van der Waals surface area contributed by atoms with E-state index in [9.17, 15) is 18.4 Å². The summed E-state index contributed by atoms with van der Waals surface area (Å²) in [4.78, 5) is 26.7. The summed E-state index contributed by atoms with van der Waals surface area (Å²) in [6.45, 7) is 1.01. The number of aromatic nitrogens is 1. The van der Waals surface area contributed by atoms with Crippen molar-refractivity contribution >= 4 is 23.2 Å². The number of nitrogens with one attached hydrogen (secondary N) is 1. The zero-order valence-electron chi connectivity index (χ0n) is 17.9. The zero-order chi connectivity index (χ0) is 23.5. The lowest BCUT2D eigenvalue weighted by atomic mass is 10.1. The molecule has 1 aliphatic rings. The van der Waals surface area contributed by atoms with E-state index < -0.39 is 17.2 Å². The number of hydrogen-bond acceptors (Lipinski definition) is 4.